The van der Waals surface area contributed by atoms with Gasteiger partial charge in [0.15, 0.2) is 0 Å². The lowest BCUT2D eigenvalue weighted by molar-refractivity contribution is 0.0582. The van der Waals surface area contributed by atoms with Gasteiger partial charge in [-0.1, -0.05) is 15.9 Å². The van der Waals surface area contributed by atoms with Gasteiger partial charge < -0.3 is 21.1 Å². The summed E-state index contributed by atoms with van der Waals surface area (Å²) >= 11 is 3.15. The zero-order valence-corrected chi connectivity index (χ0v) is 13.2. The second kappa shape index (κ2) is 6.37. The maximum atomic E-state index is 12.3. The third kappa shape index (κ3) is 3.48. The quantitative estimate of drug-likeness (QED) is 0.423. The SMILES string of the molecule is Cc1c(N)cc(Br)cc1S(=O)(=O)NC(CO)(CO)CO. The zero-order chi connectivity index (χ0) is 15.6. The number of nitrogens with one attached hydrogen (secondary N) is 1. The molecule has 0 spiro atoms. The minimum Gasteiger partial charge on any atom is -0.398 e. The molecule has 0 radical (unpaired) electrons. The minimum atomic E-state index is -4.07. The molecule has 9 heteroatoms. The lowest BCUT2D eigenvalue weighted by Crippen LogP contribution is -2.56. The monoisotopic (exact) mass is 368 g/mol. The van der Waals surface area contributed by atoms with Crippen molar-refractivity contribution in [3.05, 3.63) is 22.2 Å². The summed E-state index contributed by atoms with van der Waals surface area (Å²) in [7, 11) is -4.07. The van der Waals surface area contributed by atoms with Gasteiger partial charge in [0.2, 0.25) is 10.0 Å². The van der Waals surface area contributed by atoms with Crippen LogP contribution in [-0.4, -0.2) is 49.1 Å². The number of halogens is 1. The minimum absolute atomic E-state index is 0.0934. The molecule has 114 valence electrons. The van der Waals surface area contributed by atoms with Gasteiger partial charge in [-0.15, -0.1) is 0 Å². The van der Waals surface area contributed by atoms with Crippen molar-refractivity contribution in [1.29, 1.82) is 0 Å². The summed E-state index contributed by atoms with van der Waals surface area (Å²) in [6.45, 7) is -0.708. The van der Waals surface area contributed by atoms with Gasteiger partial charge in [-0.3, -0.25) is 0 Å². The van der Waals surface area contributed by atoms with E-state index >= 15 is 0 Å². The van der Waals surface area contributed by atoms with Crippen molar-refractivity contribution >= 4 is 31.6 Å². The van der Waals surface area contributed by atoms with Crippen molar-refractivity contribution in [2.45, 2.75) is 17.4 Å². The van der Waals surface area contributed by atoms with Gasteiger partial charge in [0.25, 0.3) is 0 Å². The summed E-state index contributed by atoms with van der Waals surface area (Å²) in [5.41, 5.74) is 4.59. The first kappa shape index (κ1) is 17.3. The molecule has 0 unspecified atom stereocenters. The lowest BCUT2D eigenvalue weighted by Gasteiger charge is -2.28. The summed E-state index contributed by atoms with van der Waals surface area (Å²) in [5.74, 6) is 0. The highest BCUT2D eigenvalue weighted by Crippen LogP contribution is 2.27. The van der Waals surface area contributed by atoms with Gasteiger partial charge in [0.1, 0.15) is 5.54 Å². The number of aliphatic hydroxyl groups is 3. The van der Waals surface area contributed by atoms with Crippen molar-refractivity contribution in [2.24, 2.45) is 0 Å². The molecule has 1 aromatic rings. The van der Waals surface area contributed by atoms with Gasteiger partial charge in [-0.25, -0.2) is 8.42 Å². The molecule has 0 bridgehead atoms. The molecule has 0 saturated carbocycles. The Bertz CT molecular complexity index is 578. The molecule has 0 aliphatic rings. The van der Waals surface area contributed by atoms with E-state index in [1.54, 1.807) is 6.07 Å². The van der Waals surface area contributed by atoms with Crippen molar-refractivity contribution in [2.75, 3.05) is 25.6 Å². The predicted molar refractivity (Wildman–Crippen MR) is 77.6 cm³/mol. The third-order valence-corrected chi connectivity index (χ3v) is 5.08. The molecule has 0 aromatic heterocycles. The maximum absolute atomic E-state index is 12.3. The van der Waals surface area contributed by atoms with E-state index in [0.29, 0.717) is 10.0 Å². The Morgan fingerprint density at radius 1 is 1.25 bits per heavy atom. The normalized spacial score (nSPS) is 12.7. The van der Waals surface area contributed by atoms with Crippen LogP contribution in [0.1, 0.15) is 5.56 Å². The fourth-order valence-corrected chi connectivity index (χ4v) is 3.84. The van der Waals surface area contributed by atoms with Crippen LogP contribution in [0, 0.1) is 6.92 Å². The maximum Gasteiger partial charge on any atom is 0.241 e. The van der Waals surface area contributed by atoms with Gasteiger partial charge in [0.05, 0.1) is 24.7 Å². The Kier molecular flexibility index (Phi) is 5.53. The highest BCUT2D eigenvalue weighted by molar-refractivity contribution is 9.10. The number of benzene rings is 1. The Labute approximate surface area is 125 Å². The summed E-state index contributed by atoms with van der Waals surface area (Å²) in [6, 6.07) is 2.91. The summed E-state index contributed by atoms with van der Waals surface area (Å²) in [5, 5.41) is 27.6. The Hall–Kier alpha value is -0.710. The van der Waals surface area contributed by atoms with E-state index in [4.69, 9.17) is 5.73 Å². The smallest absolute Gasteiger partial charge is 0.241 e. The zero-order valence-electron chi connectivity index (χ0n) is 10.8. The number of nitrogens with two attached hydrogens (primary N) is 1. The molecule has 0 fully saturated rings. The summed E-state index contributed by atoms with van der Waals surface area (Å²) in [6.07, 6.45) is 0. The molecule has 0 aliphatic carbocycles. The van der Waals surface area contributed by atoms with E-state index in [-0.39, 0.29) is 10.6 Å². The molecular formula is C11H17BrN2O5S. The third-order valence-electron chi connectivity index (χ3n) is 2.91. The van der Waals surface area contributed by atoms with Crippen molar-refractivity contribution < 1.29 is 23.7 Å². The number of hydrogen-bond donors (Lipinski definition) is 5. The van der Waals surface area contributed by atoms with Crippen LogP contribution >= 0.6 is 15.9 Å². The van der Waals surface area contributed by atoms with Gasteiger partial charge in [-0.05, 0) is 24.6 Å². The van der Waals surface area contributed by atoms with Crippen LogP contribution in [0.5, 0.6) is 0 Å². The van der Waals surface area contributed by atoms with E-state index in [1.807, 2.05) is 0 Å². The molecule has 0 amide bonds. The van der Waals surface area contributed by atoms with E-state index in [1.165, 1.54) is 13.0 Å². The Morgan fingerprint density at radius 2 is 1.75 bits per heavy atom. The lowest BCUT2D eigenvalue weighted by atomic mass is 10.1. The number of nitrogen functional groups attached to an aromatic ring is 1. The second-order valence-corrected chi connectivity index (χ2v) is 7.04. The van der Waals surface area contributed by atoms with Gasteiger partial charge >= 0.3 is 0 Å². The van der Waals surface area contributed by atoms with E-state index in [9.17, 15) is 23.7 Å². The van der Waals surface area contributed by atoms with Crippen LogP contribution in [0.4, 0.5) is 5.69 Å². The molecule has 6 N–H and O–H groups in total. The first-order valence-corrected chi connectivity index (χ1v) is 7.91. The van der Waals surface area contributed by atoms with Crippen molar-refractivity contribution in [3.63, 3.8) is 0 Å². The topological polar surface area (TPSA) is 133 Å². The van der Waals surface area contributed by atoms with Crippen LogP contribution in [0.25, 0.3) is 0 Å². The number of hydrogen-bond acceptors (Lipinski definition) is 6. The summed E-state index contributed by atoms with van der Waals surface area (Å²) in [4.78, 5) is -0.0934. The van der Waals surface area contributed by atoms with Crippen molar-refractivity contribution in [3.8, 4) is 0 Å². The molecule has 0 atom stereocenters. The van der Waals surface area contributed by atoms with E-state index in [0.717, 1.165) is 0 Å². The average molecular weight is 369 g/mol. The molecule has 1 aromatic carbocycles. The molecule has 1 rings (SSSR count). The van der Waals surface area contributed by atoms with Crippen LogP contribution < -0.4 is 10.5 Å². The van der Waals surface area contributed by atoms with Gasteiger partial charge in [0, 0.05) is 10.2 Å². The number of rotatable bonds is 6. The van der Waals surface area contributed by atoms with Gasteiger partial charge in [-0.2, -0.15) is 4.72 Å². The first-order valence-electron chi connectivity index (χ1n) is 5.63. The van der Waals surface area contributed by atoms with Crippen LogP contribution in [0.15, 0.2) is 21.5 Å². The molecular weight excluding hydrogens is 352 g/mol. The fraction of sp³-hybridized carbons (Fsp3) is 0.455. The molecule has 20 heavy (non-hydrogen) atoms. The number of sulfonamides is 1. The summed E-state index contributed by atoms with van der Waals surface area (Å²) < 4.78 is 27.2. The number of anilines is 1. The molecule has 0 heterocycles. The molecule has 0 saturated heterocycles. The van der Waals surface area contributed by atoms with Crippen molar-refractivity contribution in [1.82, 2.24) is 4.72 Å². The second-order valence-electron chi connectivity index (χ2n) is 4.48. The van der Waals surface area contributed by atoms with E-state index < -0.39 is 35.4 Å². The largest absolute Gasteiger partial charge is 0.398 e. The van der Waals surface area contributed by atoms with Crippen LogP contribution in [0.3, 0.4) is 0 Å². The van der Waals surface area contributed by atoms with E-state index in [2.05, 4.69) is 20.7 Å². The number of aliphatic hydroxyl groups excluding tert-OH is 3. The average Bonchev–Trinajstić information content (AvgIpc) is 2.40. The highest BCUT2D eigenvalue weighted by Gasteiger charge is 2.34. The van der Waals surface area contributed by atoms with Crippen LogP contribution in [-0.2, 0) is 10.0 Å². The molecule has 7 nitrogen and oxygen atoms in total. The predicted octanol–water partition coefficient (Wildman–Crippen LogP) is -0.666. The standard InChI is InChI=1S/C11H17BrN2O5S/c1-7-9(13)2-8(12)3-10(7)20(18,19)14-11(4-15,5-16)6-17/h2-3,14-17H,4-6,13H2,1H3. The fourth-order valence-electron chi connectivity index (χ4n) is 1.54. The molecule has 0 aliphatic heterocycles. The Balaban J connectivity index is 3.31. The highest BCUT2D eigenvalue weighted by atomic mass is 79.9. The Morgan fingerprint density at radius 3 is 2.20 bits per heavy atom. The first-order chi connectivity index (χ1) is 9.21. The van der Waals surface area contributed by atoms with Crippen LogP contribution in [0.2, 0.25) is 0 Å².